The third-order valence-corrected chi connectivity index (χ3v) is 12.1. The van der Waals surface area contributed by atoms with Crippen molar-refractivity contribution in [3.05, 3.63) is 81.3 Å². The molecule has 1 unspecified atom stereocenters. The summed E-state index contributed by atoms with van der Waals surface area (Å²) in [4.78, 5) is 77.1. The van der Waals surface area contributed by atoms with E-state index in [1.165, 1.54) is 11.3 Å². The van der Waals surface area contributed by atoms with Crippen molar-refractivity contribution in [2.45, 2.75) is 63.1 Å². The summed E-state index contributed by atoms with van der Waals surface area (Å²) in [5.74, 6) is -2.50. The predicted molar refractivity (Wildman–Crippen MR) is 180 cm³/mol. The zero-order valence-corrected chi connectivity index (χ0v) is 28.7. The summed E-state index contributed by atoms with van der Waals surface area (Å²) >= 11 is 1.28. The van der Waals surface area contributed by atoms with Crippen molar-refractivity contribution in [3.63, 3.8) is 0 Å². The molecule has 14 heteroatoms. The summed E-state index contributed by atoms with van der Waals surface area (Å²) in [5.41, 5.74) is 4.02. The topological polar surface area (TPSA) is 126 Å². The summed E-state index contributed by atoms with van der Waals surface area (Å²) in [6, 6.07) is 11.2. The van der Waals surface area contributed by atoms with Gasteiger partial charge >= 0.3 is 11.8 Å². The minimum atomic E-state index is -2.71. The number of rotatable bonds is 8. The van der Waals surface area contributed by atoms with Crippen LogP contribution in [0.15, 0.2) is 54.2 Å². The Labute approximate surface area is 297 Å². The van der Waals surface area contributed by atoms with E-state index in [9.17, 15) is 32.8 Å². The second-order valence-corrected chi connectivity index (χ2v) is 15.0. The number of halogens is 2. The van der Waals surface area contributed by atoms with Gasteiger partial charge in [-0.2, -0.15) is 4.48 Å². The molecule has 4 aliphatic heterocycles. The molecule has 1 saturated carbocycles. The molecule has 0 bridgehead atoms. The normalized spacial score (nSPS) is 26.3. The molecule has 5 aliphatic rings. The van der Waals surface area contributed by atoms with E-state index in [0.29, 0.717) is 79.9 Å². The number of carbonyl (C=O) groups excluding carboxylic acids is 5. The average Bonchev–Trinajstić information content (AvgIpc) is 3.43. The largest absolute Gasteiger partial charge is 0.488 e. The molecule has 1 spiro atoms. The molecule has 5 amide bonds. The van der Waals surface area contributed by atoms with E-state index in [0.717, 1.165) is 11.1 Å². The van der Waals surface area contributed by atoms with Gasteiger partial charge in [-0.15, -0.1) is 11.3 Å². The third kappa shape index (κ3) is 5.72. The van der Waals surface area contributed by atoms with E-state index in [2.05, 4.69) is 10.3 Å². The number of alkyl halides is 2. The van der Waals surface area contributed by atoms with Gasteiger partial charge in [0.2, 0.25) is 11.8 Å². The fourth-order valence-electron chi connectivity index (χ4n) is 8.79. The van der Waals surface area contributed by atoms with Gasteiger partial charge in [0.1, 0.15) is 29.3 Å². The molecule has 8 rings (SSSR count). The van der Waals surface area contributed by atoms with E-state index < -0.39 is 47.3 Å². The van der Waals surface area contributed by atoms with Crippen LogP contribution in [0.2, 0.25) is 0 Å². The minimum absolute atomic E-state index is 0.108. The second kappa shape index (κ2) is 13.2. The van der Waals surface area contributed by atoms with E-state index in [1.54, 1.807) is 45.8 Å². The maximum atomic E-state index is 14.8. The van der Waals surface area contributed by atoms with Crippen LogP contribution in [0.25, 0.3) is 0 Å². The van der Waals surface area contributed by atoms with E-state index in [-0.39, 0.29) is 36.3 Å². The number of benzene rings is 2. The van der Waals surface area contributed by atoms with Crippen molar-refractivity contribution in [2.24, 2.45) is 11.8 Å². The van der Waals surface area contributed by atoms with Crippen molar-refractivity contribution >= 4 is 40.9 Å². The molecule has 3 fully saturated rings. The highest BCUT2D eigenvalue weighted by Crippen LogP contribution is 2.53. The first-order valence-corrected chi connectivity index (χ1v) is 18.5. The molecule has 1 aromatic heterocycles. The van der Waals surface area contributed by atoms with Crippen LogP contribution in [-0.2, 0) is 16.0 Å². The molecule has 1 N–H and O–H groups in total. The van der Waals surface area contributed by atoms with Crippen LogP contribution in [0.5, 0.6) is 5.75 Å². The number of thiazole rings is 1. The number of amides is 5. The molecule has 1 aliphatic carbocycles. The van der Waals surface area contributed by atoms with Gasteiger partial charge in [0, 0.05) is 36.9 Å². The Hall–Kier alpha value is -4.56. The highest BCUT2D eigenvalue weighted by molar-refractivity contribution is 7.11. The van der Waals surface area contributed by atoms with Crippen LogP contribution in [-0.4, -0.2) is 100 Å². The number of aromatic nitrogens is 1. The van der Waals surface area contributed by atoms with E-state index >= 15 is 0 Å². The number of nitrogens with zero attached hydrogens (tertiary/aromatic N) is 4. The molecule has 51 heavy (non-hydrogen) atoms. The van der Waals surface area contributed by atoms with Gasteiger partial charge in [-0.25, -0.2) is 18.4 Å². The Morgan fingerprint density at radius 2 is 1.73 bits per heavy atom. The lowest BCUT2D eigenvalue weighted by Crippen LogP contribution is -2.51. The van der Waals surface area contributed by atoms with Gasteiger partial charge in [-0.05, 0) is 43.0 Å². The monoisotopic (exact) mass is 718 g/mol. The maximum Gasteiger partial charge on any atom is 0.355 e. The minimum Gasteiger partial charge on any atom is -0.488 e. The van der Waals surface area contributed by atoms with Crippen LogP contribution in [0.4, 0.5) is 8.78 Å². The molecule has 5 atom stereocenters. The predicted octanol–water partition coefficient (Wildman–Crippen LogP) is 4.24. The molecule has 0 radical (unpaired) electrons. The summed E-state index contributed by atoms with van der Waals surface area (Å²) in [6.07, 6.45) is 1.85. The Balaban J connectivity index is 1.13. The van der Waals surface area contributed by atoms with Gasteiger partial charge in [0.25, 0.3) is 12.3 Å². The molecule has 2 aromatic carbocycles. The number of hydrogen-bond donors (Lipinski definition) is 1. The SMILES string of the molecule is O=C(NCC(F)F)[C@H]1CCCC[C@H]1C(=O)N1CCc2cccc(O[C@H]3CCN(C(=O)c4cncs4)C3)c2[C@H]1C1C[N+]12C(=O)c1ccccc1C2=O. The first kappa shape index (κ1) is 33.6. The third-order valence-electron chi connectivity index (χ3n) is 11.3. The Morgan fingerprint density at radius 1 is 0.980 bits per heavy atom. The first-order valence-electron chi connectivity index (χ1n) is 17.6. The zero-order valence-electron chi connectivity index (χ0n) is 27.8. The highest BCUT2D eigenvalue weighted by Gasteiger charge is 2.75. The van der Waals surface area contributed by atoms with Crippen LogP contribution in [0, 0.1) is 11.8 Å². The number of imide groups is 1. The Morgan fingerprint density at radius 3 is 2.43 bits per heavy atom. The molecule has 5 heterocycles. The van der Waals surface area contributed by atoms with Crippen molar-refractivity contribution in [2.75, 3.05) is 32.7 Å². The van der Waals surface area contributed by atoms with Crippen LogP contribution >= 0.6 is 11.3 Å². The first-order chi connectivity index (χ1) is 24.7. The fraction of sp³-hybridized carbons (Fsp3) is 0.459. The molecular weight excluding hydrogens is 680 g/mol. The Bertz CT molecular complexity index is 1870. The van der Waals surface area contributed by atoms with Gasteiger partial charge in [0.15, 0.2) is 6.04 Å². The van der Waals surface area contributed by atoms with E-state index in [4.69, 9.17) is 4.74 Å². The van der Waals surface area contributed by atoms with Crippen molar-refractivity contribution in [1.82, 2.24) is 20.1 Å². The summed E-state index contributed by atoms with van der Waals surface area (Å²) in [5, 5.41) is 2.33. The number of nitrogens with one attached hydrogen (secondary N) is 1. The van der Waals surface area contributed by atoms with Gasteiger partial charge in [-0.1, -0.05) is 37.1 Å². The van der Waals surface area contributed by atoms with Crippen molar-refractivity contribution < 1.29 is 42.0 Å². The van der Waals surface area contributed by atoms with Crippen LogP contribution in [0.3, 0.4) is 0 Å². The summed E-state index contributed by atoms with van der Waals surface area (Å²) in [7, 11) is 0. The fourth-order valence-corrected chi connectivity index (χ4v) is 9.38. The quantitative estimate of drug-likeness (QED) is 0.210. The lowest BCUT2D eigenvalue weighted by molar-refractivity contribution is -0.634. The molecule has 11 nitrogen and oxygen atoms in total. The molecule has 2 saturated heterocycles. The standard InChI is InChI=1S/C37H37F2N5O6S/c38-30(39)17-41-33(45)23-7-1-2-8-24(23)34(46)43-15-12-21-6-5-11-28(50-22-13-14-42(18-22)35(47)29-16-40-20-51-29)31(21)32(43)27-19-44(27)36(48)25-9-3-4-10-26(25)37(44)49/h3-6,9-11,16,20,22-24,27,30,32H,1-2,7-8,12-15,17-19H2/p+1/t22-,23-,24+,27?,32+/m0/s1. The number of hydrogen-bond acceptors (Lipinski definition) is 8. The molecule has 266 valence electrons. The maximum absolute atomic E-state index is 14.8. The van der Waals surface area contributed by atoms with E-state index in [1.807, 2.05) is 18.2 Å². The van der Waals surface area contributed by atoms with Crippen LogP contribution < -0.4 is 10.1 Å². The number of ether oxygens (including phenoxy) is 1. The van der Waals surface area contributed by atoms with Gasteiger partial charge in [-0.3, -0.25) is 19.4 Å². The summed E-state index contributed by atoms with van der Waals surface area (Å²) < 4.78 is 32.3. The number of carbonyl (C=O) groups is 5. The lowest BCUT2D eigenvalue weighted by atomic mass is 9.77. The highest BCUT2D eigenvalue weighted by atomic mass is 32.1. The second-order valence-electron chi connectivity index (χ2n) is 14.1. The van der Waals surface area contributed by atoms with Crippen molar-refractivity contribution in [1.29, 1.82) is 0 Å². The van der Waals surface area contributed by atoms with Crippen molar-refractivity contribution in [3.8, 4) is 5.75 Å². The number of fused-ring (bicyclic) bond motifs is 2. The zero-order chi connectivity index (χ0) is 35.4. The Kier molecular flexibility index (Phi) is 8.69. The average molecular weight is 719 g/mol. The molecular formula is C37H38F2N5O6S+. The van der Waals surface area contributed by atoms with Gasteiger partial charge < -0.3 is 19.9 Å². The number of likely N-dealkylation sites (tertiary alicyclic amines) is 1. The molecule has 3 aromatic rings. The van der Waals surface area contributed by atoms with Crippen LogP contribution in [0.1, 0.15) is 79.7 Å². The number of quaternary nitrogens is 1. The smallest absolute Gasteiger partial charge is 0.355 e. The van der Waals surface area contributed by atoms with Gasteiger partial charge in [0.05, 0.1) is 35.9 Å². The lowest BCUT2D eigenvalue weighted by Gasteiger charge is -2.41. The summed E-state index contributed by atoms with van der Waals surface area (Å²) in [6.45, 7) is 0.593.